The molecule has 2 aromatic carbocycles. The van der Waals surface area contributed by atoms with Crippen LogP contribution in [0.3, 0.4) is 0 Å². The fourth-order valence-corrected chi connectivity index (χ4v) is 6.61. The van der Waals surface area contributed by atoms with Crippen LogP contribution in [0.15, 0.2) is 77.5 Å². The average Bonchev–Trinajstić information content (AvgIpc) is 2.93. The number of carbonyl (C=O) groups excluding carboxylic acids is 1. The van der Waals surface area contributed by atoms with Gasteiger partial charge in [-0.3, -0.25) is 0 Å². The Balaban J connectivity index is 0.00000173. The van der Waals surface area contributed by atoms with Gasteiger partial charge < -0.3 is 19.9 Å². The smallest absolute Gasteiger partial charge is 0.338 e. The molecule has 2 unspecified atom stereocenters. The third-order valence-corrected chi connectivity index (χ3v) is 8.01. The number of hydrogen-bond donors (Lipinski definition) is 3. The number of rotatable bonds is 4. The Kier molecular flexibility index (Phi) is 7.80. The van der Waals surface area contributed by atoms with Gasteiger partial charge >= 0.3 is 5.97 Å². The lowest BCUT2D eigenvalue weighted by Crippen LogP contribution is -2.89. The molecule has 0 spiro atoms. The van der Waals surface area contributed by atoms with Crippen LogP contribution in [0.1, 0.15) is 76.9 Å². The van der Waals surface area contributed by atoms with E-state index >= 15 is 0 Å². The number of esters is 1. The molecule has 4 aliphatic rings. The highest BCUT2D eigenvalue weighted by molar-refractivity contribution is 5.96. The molecule has 6 heteroatoms. The molecule has 2 aromatic rings. The molecule has 3 N–H and O–H groups in total. The Labute approximate surface area is 248 Å². The average molecular weight is 568 g/mol. The number of hydrogen-bond acceptors (Lipinski definition) is 5. The fourth-order valence-electron chi connectivity index (χ4n) is 6.61. The molecular formula is C36H43N2O4+. The lowest BCUT2D eigenvalue weighted by atomic mass is 9.76. The van der Waals surface area contributed by atoms with Gasteiger partial charge in [-0.25, -0.2) is 9.79 Å². The Bertz CT molecular complexity index is 1690. The minimum Gasteiger partial charge on any atom is -0.484 e. The van der Waals surface area contributed by atoms with E-state index in [2.05, 4.69) is 88.3 Å². The molecule has 0 aromatic heterocycles. The maximum absolute atomic E-state index is 13.2. The summed E-state index contributed by atoms with van der Waals surface area (Å²) in [5.41, 5.74) is 7.73. The summed E-state index contributed by atoms with van der Waals surface area (Å²) in [4.78, 5) is 16.9. The van der Waals surface area contributed by atoms with E-state index < -0.39 is 5.97 Å². The Morgan fingerprint density at radius 3 is 2.50 bits per heavy atom. The van der Waals surface area contributed by atoms with Gasteiger partial charge in [0.15, 0.2) is 5.54 Å². The van der Waals surface area contributed by atoms with Crippen molar-refractivity contribution in [3.63, 3.8) is 0 Å². The molecular weight excluding hydrogens is 524 g/mol. The summed E-state index contributed by atoms with van der Waals surface area (Å²) in [6.07, 6.45) is 8.71. The van der Waals surface area contributed by atoms with Crippen molar-refractivity contribution in [3.8, 4) is 5.75 Å². The summed E-state index contributed by atoms with van der Waals surface area (Å²) < 4.78 is 12.2. The quantitative estimate of drug-likeness (QED) is 0.493. The molecule has 0 radical (unpaired) electrons. The molecule has 0 saturated heterocycles. The Morgan fingerprint density at radius 1 is 1.02 bits per heavy atom. The van der Waals surface area contributed by atoms with E-state index in [4.69, 9.17) is 9.47 Å². The van der Waals surface area contributed by atoms with E-state index in [1.807, 2.05) is 32.0 Å². The number of aliphatic hydroxyl groups is 1. The summed E-state index contributed by atoms with van der Waals surface area (Å²) in [5.74, 6) is 0.207. The zero-order valence-electron chi connectivity index (χ0n) is 26.0. The van der Waals surface area contributed by atoms with Gasteiger partial charge in [0.05, 0.1) is 23.8 Å². The van der Waals surface area contributed by atoms with Gasteiger partial charge in [-0.15, -0.1) is 0 Å². The predicted molar refractivity (Wildman–Crippen MR) is 166 cm³/mol. The first-order valence-electron chi connectivity index (χ1n) is 15.0. The zero-order chi connectivity index (χ0) is 30.4. The largest absolute Gasteiger partial charge is 0.484 e. The molecule has 0 saturated carbocycles. The minimum atomic E-state index is -0.448. The van der Waals surface area contributed by atoms with Crippen LogP contribution in [-0.2, 0) is 4.74 Å². The first-order valence-corrected chi connectivity index (χ1v) is 15.0. The number of benzene rings is 2. The molecule has 1 aliphatic carbocycles. The molecule has 3 aliphatic heterocycles. The molecule has 0 fully saturated rings. The van der Waals surface area contributed by atoms with Crippen LogP contribution in [0.2, 0.25) is 0 Å². The lowest BCUT2D eigenvalue weighted by Gasteiger charge is -2.40. The molecule has 2 atom stereocenters. The van der Waals surface area contributed by atoms with Gasteiger partial charge in [0.1, 0.15) is 18.5 Å². The number of carbonyl (C=O) groups is 1. The normalized spacial score (nSPS) is 22.3. The number of allylic oxidation sites excluding steroid dienone is 2. The number of aliphatic hydroxyl groups excluding tert-OH is 1. The number of ether oxygens (including phenoxy) is 2. The summed E-state index contributed by atoms with van der Waals surface area (Å²) in [6.45, 7) is 16.7. The van der Waals surface area contributed by atoms with Gasteiger partial charge in [-0.1, -0.05) is 44.2 Å². The van der Waals surface area contributed by atoms with Crippen molar-refractivity contribution in [1.29, 1.82) is 0 Å². The standard InChI is InChI=1S/C34H36N2O4.C2H6/c1-19-17-33(3,4)35-27-15-29-25(13-23(19)27)31(21-9-7-8-10-22(21)32(38)39-12-11-37)26-14-24-20(2)18-34(5,6)36-28(24)16-30(26)40-29;1-2/h7-10,13-18,25,29,35,37H,11-12H2,1-6H3;1-2H3/p+1. The molecule has 220 valence electrons. The van der Waals surface area contributed by atoms with Gasteiger partial charge in [0, 0.05) is 36.2 Å². The SMILES string of the molecule is CC.CC1=CC(C)(C)NC2=CC3Oc4cc5c(cc4=C(c4ccccc4C(=O)OCCO)C3C=C12)C(C)=CC(C)(C)[NH+]=5. The summed E-state index contributed by atoms with van der Waals surface area (Å²) in [6, 6.07) is 11.9. The zero-order valence-corrected chi connectivity index (χ0v) is 26.0. The van der Waals surface area contributed by atoms with Gasteiger partial charge in [-0.2, -0.15) is 0 Å². The van der Waals surface area contributed by atoms with E-state index in [0.717, 1.165) is 44.3 Å². The van der Waals surface area contributed by atoms with Gasteiger partial charge in [0.25, 0.3) is 0 Å². The van der Waals surface area contributed by atoms with Crippen LogP contribution < -0.4 is 25.6 Å². The lowest BCUT2D eigenvalue weighted by molar-refractivity contribution is -0.568. The molecule has 3 heterocycles. The second-order valence-corrected chi connectivity index (χ2v) is 12.3. The minimum absolute atomic E-state index is 0.0468. The highest BCUT2D eigenvalue weighted by Crippen LogP contribution is 2.41. The van der Waals surface area contributed by atoms with E-state index in [9.17, 15) is 9.90 Å². The number of nitrogens with one attached hydrogen (secondary N) is 2. The van der Waals surface area contributed by atoms with Crippen molar-refractivity contribution < 1.29 is 24.4 Å². The predicted octanol–water partition coefficient (Wildman–Crippen LogP) is 3.49. The second kappa shape index (κ2) is 11.1. The van der Waals surface area contributed by atoms with Crippen LogP contribution in [0.5, 0.6) is 5.75 Å². The third kappa shape index (κ3) is 5.36. The molecule has 6 nitrogen and oxygen atoms in total. The summed E-state index contributed by atoms with van der Waals surface area (Å²) in [7, 11) is 0. The van der Waals surface area contributed by atoms with E-state index in [0.29, 0.717) is 5.56 Å². The first kappa shape index (κ1) is 29.6. The van der Waals surface area contributed by atoms with Crippen LogP contribution in [-0.4, -0.2) is 41.5 Å². The maximum Gasteiger partial charge on any atom is 0.338 e. The van der Waals surface area contributed by atoms with Crippen LogP contribution in [0.25, 0.3) is 11.1 Å². The van der Waals surface area contributed by atoms with Crippen molar-refractivity contribution in [1.82, 2.24) is 5.32 Å². The van der Waals surface area contributed by atoms with E-state index in [1.54, 1.807) is 6.07 Å². The molecule has 0 bridgehead atoms. The fraction of sp³-hybridized carbons (Fsp3) is 0.389. The van der Waals surface area contributed by atoms with Crippen molar-refractivity contribution >= 4 is 17.1 Å². The Morgan fingerprint density at radius 2 is 1.76 bits per heavy atom. The molecule has 0 amide bonds. The van der Waals surface area contributed by atoms with Crippen molar-refractivity contribution in [2.45, 2.75) is 72.6 Å². The first-order chi connectivity index (χ1) is 20.0. The highest BCUT2D eigenvalue weighted by atomic mass is 16.5. The van der Waals surface area contributed by atoms with E-state index in [-0.39, 0.29) is 36.3 Å². The maximum atomic E-state index is 13.2. The van der Waals surface area contributed by atoms with Crippen molar-refractivity contribution in [3.05, 3.63) is 105 Å². The van der Waals surface area contributed by atoms with Crippen LogP contribution >= 0.6 is 0 Å². The Hall–Kier alpha value is -3.90. The molecule has 6 rings (SSSR count). The van der Waals surface area contributed by atoms with Gasteiger partial charge in [-0.05, 0) is 79.8 Å². The molecule has 42 heavy (non-hydrogen) atoms. The monoisotopic (exact) mass is 567 g/mol. The van der Waals surface area contributed by atoms with Gasteiger partial charge in [0.2, 0.25) is 5.36 Å². The van der Waals surface area contributed by atoms with E-state index in [1.165, 1.54) is 11.1 Å². The van der Waals surface area contributed by atoms with Crippen LogP contribution in [0.4, 0.5) is 0 Å². The van der Waals surface area contributed by atoms with Crippen molar-refractivity contribution in [2.24, 2.45) is 5.92 Å². The van der Waals surface area contributed by atoms with Crippen LogP contribution in [0, 0.1) is 5.92 Å². The summed E-state index contributed by atoms with van der Waals surface area (Å²) in [5, 5.41) is 14.9. The third-order valence-electron chi connectivity index (χ3n) is 8.01. The second-order valence-electron chi connectivity index (χ2n) is 12.3. The topological polar surface area (TPSA) is 81.8 Å². The summed E-state index contributed by atoms with van der Waals surface area (Å²) >= 11 is 0. The van der Waals surface area contributed by atoms with Crippen molar-refractivity contribution in [2.75, 3.05) is 13.2 Å². The highest BCUT2D eigenvalue weighted by Gasteiger charge is 2.39. The number of fused-ring (bicyclic) bond motifs is 4.